The molecule has 0 heterocycles. The predicted molar refractivity (Wildman–Crippen MR) is 274 cm³/mol. The van der Waals surface area contributed by atoms with Crippen molar-refractivity contribution in [2.24, 2.45) is 29.4 Å². The van der Waals surface area contributed by atoms with E-state index in [9.17, 15) is 33.6 Å². The van der Waals surface area contributed by atoms with Crippen LogP contribution in [0.2, 0.25) is 0 Å². The van der Waals surface area contributed by atoms with Gasteiger partial charge in [-0.3, -0.25) is 19.4 Å². The first-order valence-corrected chi connectivity index (χ1v) is 20.4. The maximum Gasteiger partial charge on any atom is 1.00 e. The van der Waals surface area contributed by atoms with Gasteiger partial charge in [0.1, 0.15) is 41.7 Å². The Morgan fingerprint density at radius 1 is 0.638 bits per heavy atom. The topological polar surface area (TPSA) is 254 Å². The van der Waals surface area contributed by atoms with E-state index in [1.54, 1.807) is 34.6 Å². The second-order valence-electron chi connectivity index (χ2n) is 17.2. The predicted octanol–water partition coefficient (Wildman–Crippen LogP) is 6.12. The van der Waals surface area contributed by atoms with Crippen molar-refractivity contribution in [2.75, 3.05) is 41.0 Å². The molecule has 69 heavy (non-hydrogen) atoms. The molecule has 4 rings (SSSR count). The fraction of sp³-hybridized carbons (Fsp3) is 0.837. The van der Waals surface area contributed by atoms with Crippen LogP contribution in [0, 0.1) is 35.5 Å². The van der Waals surface area contributed by atoms with E-state index in [0.717, 1.165) is 57.3 Å². The molecule has 2 amide bonds. The van der Waals surface area contributed by atoms with Crippen molar-refractivity contribution >= 4 is 50.8 Å². The Morgan fingerprint density at radius 2 is 0.957 bits per heavy atom. The number of aldehydes is 1. The number of carbonyl (C=O) groups excluding carboxylic acids is 6. The molecule has 4 N–H and O–H groups in total. The Labute approximate surface area is 445 Å². The molecular weight excluding hydrogens is 900 g/mol. The molecule has 0 bridgehead atoms. The number of hydrogen-bond donors (Lipinski definition) is 3. The number of nitrogens with two attached hydrogens (primary N) is 1. The van der Waals surface area contributed by atoms with E-state index >= 15 is 0 Å². The van der Waals surface area contributed by atoms with Crippen LogP contribution in [0.4, 0.5) is 9.59 Å². The number of rotatable bonds is 14. The number of methoxy groups -OCH3 is 3. The van der Waals surface area contributed by atoms with Gasteiger partial charge in [0.2, 0.25) is 0 Å². The Balaban J connectivity index is -0.0000000683. The number of aliphatic carboxylic acids is 1. The van der Waals surface area contributed by atoms with Crippen molar-refractivity contribution in [3.63, 3.8) is 0 Å². The van der Waals surface area contributed by atoms with Gasteiger partial charge in [0.15, 0.2) is 0 Å². The Kier molecular flexibility index (Phi) is 62.4. The Morgan fingerprint density at radius 3 is 1.16 bits per heavy atom. The van der Waals surface area contributed by atoms with Crippen molar-refractivity contribution in [1.82, 2.24) is 15.1 Å². The van der Waals surface area contributed by atoms with Crippen LogP contribution in [0.5, 0.6) is 0 Å². The van der Waals surface area contributed by atoms with Gasteiger partial charge in [0.05, 0.1) is 21.3 Å². The monoisotopic (exact) mass is 1000 g/mol. The van der Waals surface area contributed by atoms with Crippen molar-refractivity contribution in [2.45, 2.75) is 208 Å². The number of carboxylic acids is 1. The molecule has 20 heteroatoms. The molecule has 0 aliphatic heterocycles. The minimum Gasteiger partial charge on any atom is -0.512 e. The van der Waals surface area contributed by atoms with Gasteiger partial charge >= 0.3 is 65.6 Å². The summed E-state index contributed by atoms with van der Waals surface area (Å²) in [6, 6.07) is -2.10. The minimum atomic E-state index is -1.00. The number of nitrogens with one attached hydrogen (secondary N) is 1. The average Bonchev–Trinajstić information content (AvgIpc) is 3.99. The van der Waals surface area contributed by atoms with E-state index in [4.69, 9.17) is 32.1 Å². The third-order valence-corrected chi connectivity index (χ3v) is 8.75. The summed E-state index contributed by atoms with van der Waals surface area (Å²) >= 11 is 0. The summed E-state index contributed by atoms with van der Waals surface area (Å²) in [4.78, 5) is 79.9. The fourth-order valence-corrected chi connectivity index (χ4v) is 4.35. The van der Waals surface area contributed by atoms with Crippen molar-refractivity contribution < 1.29 is 91.9 Å². The smallest absolute Gasteiger partial charge is 0.512 e. The molecule has 0 unspecified atom stereocenters. The zero-order valence-corrected chi connectivity index (χ0v) is 41.8. The van der Waals surface area contributed by atoms with Gasteiger partial charge in [-0.25, -0.2) is 19.2 Å². The van der Waals surface area contributed by atoms with E-state index in [1.807, 2.05) is 27.7 Å². The van der Waals surface area contributed by atoms with Crippen LogP contribution in [0.25, 0.3) is 0 Å². The molecule has 4 aliphatic rings. The van der Waals surface area contributed by atoms with Gasteiger partial charge in [0.25, 0.3) is 0 Å². The molecule has 0 aromatic rings. The van der Waals surface area contributed by atoms with E-state index < -0.39 is 53.5 Å². The average molecular weight is 1000 g/mol. The van der Waals surface area contributed by atoms with Crippen molar-refractivity contribution in [1.29, 1.82) is 5.26 Å². The van der Waals surface area contributed by atoms with Crippen LogP contribution in [0.15, 0.2) is 0 Å². The molecule has 4 saturated carbocycles. The van der Waals surface area contributed by atoms with Gasteiger partial charge in [-0.15, -0.1) is 0 Å². The molecule has 3 radical (unpaired) electrons. The normalized spacial score (nSPS) is 14.8. The summed E-state index contributed by atoms with van der Waals surface area (Å²) in [6.07, 6.45) is 9.26. The van der Waals surface area contributed by atoms with Crippen LogP contribution in [0.3, 0.4) is 0 Å². The van der Waals surface area contributed by atoms with Crippen LogP contribution in [-0.4, -0.2) is 142 Å². The third-order valence-electron chi connectivity index (χ3n) is 8.75. The van der Waals surface area contributed by atoms with Crippen LogP contribution < -0.4 is 40.6 Å². The maximum atomic E-state index is 12.1. The molecule has 0 aromatic heterocycles. The molecule has 405 valence electrons. The number of amides is 2. The number of carboxylic acid groups (broad SMARTS) is 1. The summed E-state index contributed by atoms with van der Waals surface area (Å²) in [5, 5.41) is 18.4. The van der Waals surface area contributed by atoms with Gasteiger partial charge in [0, 0.05) is 27.4 Å². The van der Waals surface area contributed by atoms with Crippen LogP contribution in [-0.2, 0) is 47.7 Å². The molecule has 0 spiro atoms. The van der Waals surface area contributed by atoms with Gasteiger partial charge in [-0.1, -0.05) is 52.0 Å². The fourth-order valence-electron chi connectivity index (χ4n) is 4.35. The third kappa shape index (κ3) is 49.3. The molecule has 4 fully saturated rings. The number of esters is 3. The first-order valence-electron chi connectivity index (χ1n) is 20.4. The number of ether oxygens (including phenoxy) is 5. The van der Waals surface area contributed by atoms with E-state index in [1.165, 1.54) is 50.9 Å². The van der Waals surface area contributed by atoms with Crippen molar-refractivity contribution in [3.8, 4) is 0 Å². The largest absolute Gasteiger partial charge is 1.00 e. The Hall–Kier alpha value is -3.44. The van der Waals surface area contributed by atoms with E-state index in [2.05, 4.69) is 19.5 Å². The van der Waals surface area contributed by atoms with Gasteiger partial charge in [-0.05, 0) is 145 Å². The maximum absolute atomic E-state index is 12.1. The number of carbonyl (C=O) groups is 7. The molecule has 18 nitrogen and oxygen atoms in total. The number of nitrogens with zero attached hydrogens (tertiary/aromatic N) is 3. The van der Waals surface area contributed by atoms with Gasteiger partial charge < -0.3 is 56.5 Å². The SMILES string of the molecule is C.C.C.C.C.C.C.COC(=O)[C@H](C)N.COC(=O)[C@H](C)N(CC1CC1)C(=O)OC(C)(C)C.COC(=O)[C@H](C)NCC1CC1.C[C@@H](C(=O)O)N(CC1CC1)C(=O)OC(C)(C)C.O=CC1CC1.[B].[C-]#N.[Na+]. The van der Waals surface area contributed by atoms with Gasteiger partial charge in [-0.2, -0.15) is 0 Å². The molecule has 0 aromatic carbocycles. The van der Waals surface area contributed by atoms with Crippen LogP contribution in [0.1, 0.15) is 173 Å². The zero-order chi connectivity index (χ0) is 47.0. The summed E-state index contributed by atoms with van der Waals surface area (Å²) in [7, 11) is 4.05. The summed E-state index contributed by atoms with van der Waals surface area (Å²) in [5.41, 5.74) is 3.91. The number of hydrogen-bond acceptors (Lipinski definition) is 15. The van der Waals surface area contributed by atoms with E-state index in [0.29, 0.717) is 30.8 Å². The second kappa shape index (κ2) is 46.9. The Bertz CT molecular complexity index is 1360. The second-order valence-corrected chi connectivity index (χ2v) is 17.2. The first-order chi connectivity index (χ1) is 27.8. The molecule has 4 atom stereocenters. The zero-order valence-electron chi connectivity index (χ0n) is 39.8. The summed E-state index contributed by atoms with van der Waals surface area (Å²) < 4.78 is 24.0. The van der Waals surface area contributed by atoms with E-state index in [-0.39, 0.29) is 108 Å². The summed E-state index contributed by atoms with van der Waals surface area (Å²) in [5.74, 6) is 0.217. The quantitative estimate of drug-likeness (QED) is 0.0582. The first kappa shape index (κ1) is 91.8. The van der Waals surface area contributed by atoms with Crippen LogP contribution >= 0.6 is 0 Å². The van der Waals surface area contributed by atoms with Crippen molar-refractivity contribution in [3.05, 3.63) is 6.57 Å². The molecular formula is C49H102BN5NaO13. The molecule has 4 aliphatic carbocycles. The minimum absolute atomic E-state index is 0. The standard InChI is InChI=1S/C13H23NO4.C12H21NO4.C8H15NO2.C4H9NO2.C4H6O.CN.7CH4.B.Na/c1-9(11(15)17-5)14(8-10-6-7-10)12(16)18-13(2,3)4;1-8(10(14)15)13(7-9-5-6-9)11(16)17-12(2,3)4;1-6(8(10)11-2)9-5-7-3-4-7;1-3(5)4(6)7-2;5-3-4-1-2-4;1-2;;;;;;;;;/h9-10H,6-8H2,1-5H3;8-9H,5-7H2,1-4H3,(H,14,15);6-7,9H,3-5H2,1-2H3;3H,5H2,1-2H3;3-4H,1-2H2;;7*1H4;;/q;;;;;-1;;;;;;;;;+1/t9-;8-;6-;3-;;;;;;;;;;;/m0000.........../s1. The molecule has 0 saturated heterocycles. The summed E-state index contributed by atoms with van der Waals surface area (Å²) in [6.45, 7) is 24.1.